The second-order valence-corrected chi connectivity index (χ2v) is 4.70. The highest BCUT2D eigenvalue weighted by Crippen LogP contribution is 2.17. The van der Waals surface area contributed by atoms with E-state index in [2.05, 4.69) is 29.4 Å². The number of nitrogens with one attached hydrogen (secondary N) is 2. The normalized spacial score (nSPS) is 12.4. The van der Waals surface area contributed by atoms with E-state index in [9.17, 15) is 4.79 Å². The highest BCUT2D eigenvalue weighted by atomic mass is 35.5. The minimum atomic E-state index is -0.352. The third-order valence-electron chi connectivity index (χ3n) is 2.69. The van der Waals surface area contributed by atoms with Crippen LogP contribution in [0.3, 0.4) is 0 Å². The topological polar surface area (TPSA) is 57.8 Å². The minimum Gasteiger partial charge on any atom is -0.380 e. The Morgan fingerprint density at radius 2 is 2.24 bits per heavy atom. The summed E-state index contributed by atoms with van der Waals surface area (Å²) < 4.78 is 0. The fourth-order valence-corrected chi connectivity index (χ4v) is 1.84. The summed E-state index contributed by atoms with van der Waals surface area (Å²) in [6, 6.07) is 0.299. The van der Waals surface area contributed by atoms with Gasteiger partial charge >= 0.3 is 0 Å². The van der Waals surface area contributed by atoms with Gasteiger partial charge < -0.3 is 5.32 Å². The molecule has 5 heteroatoms. The summed E-state index contributed by atoms with van der Waals surface area (Å²) in [6.07, 6.45) is 7.58. The third-order valence-corrected chi connectivity index (χ3v) is 3.06. The second kappa shape index (κ2) is 7.33. The molecule has 17 heavy (non-hydrogen) atoms. The smallest absolute Gasteiger partial charge is 0.285 e. The molecular weight excluding hydrogens is 238 g/mol. The maximum absolute atomic E-state index is 11.2. The van der Waals surface area contributed by atoms with Crippen molar-refractivity contribution in [2.24, 2.45) is 0 Å². The summed E-state index contributed by atoms with van der Waals surface area (Å²) in [5.74, 6) is 0. The van der Waals surface area contributed by atoms with Crippen LogP contribution in [0.5, 0.6) is 0 Å². The first kappa shape index (κ1) is 14.0. The summed E-state index contributed by atoms with van der Waals surface area (Å²) in [5, 5.41) is 9.41. The number of nitrogens with zero attached hydrogens (tertiary/aromatic N) is 1. The summed E-state index contributed by atoms with van der Waals surface area (Å²) in [5.41, 5.74) is 0.258. The molecule has 4 nitrogen and oxygen atoms in total. The summed E-state index contributed by atoms with van der Waals surface area (Å²) >= 11 is 5.87. The van der Waals surface area contributed by atoms with Crippen molar-refractivity contribution in [3.05, 3.63) is 21.6 Å². The number of H-pyrrole nitrogens is 1. The Labute approximate surface area is 107 Å². The number of halogens is 1. The van der Waals surface area contributed by atoms with Gasteiger partial charge in [0.2, 0.25) is 0 Å². The molecule has 1 atom stereocenters. The lowest BCUT2D eigenvalue weighted by Gasteiger charge is -2.15. The fourth-order valence-electron chi connectivity index (χ4n) is 1.70. The summed E-state index contributed by atoms with van der Waals surface area (Å²) in [6.45, 7) is 4.28. The molecule has 2 N–H and O–H groups in total. The predicted molar refractivity (Wildman–Crippen MR) is 71.7 cm³/mol. The zero-order chi connectivity index (χ0) is 12.7. The number of aromatic nitrogens is 2. The zero-order valence-electron chi connectivity index (χ0n) is 10.4. The van der Waals surface area contributed by atoms with Gasteiger partial charge in [0, 0.05) is 6.04 Å². The largest absolute Gasteiger partial charge is 0.380 e. The molecule has 1 rings (SSSR count). The van der Waals surface area contributed by atoms with Crippen molar-refractivity contribution < 1.29 is 0 Å². The van der Waals surface area contributed by atoms with Crippen LogP contribution < -0.4 is 10.9 Å². The molecule has 0 radical (unpaired) electrons. The lowest BCUT2D eigenvalue weighted by Crippen LogP contribution is -2.18. The van der Waals surface area contributed by atoms with Crippen molar-refractivity contribution in [2.75, 3.05) is 5.32 Å². The number of hydrogen-bond acceptors (Lipinski definition) is 3. The number of unbranched alkanes of at least 4 members (excludes halogenated alkanes) is 3. The highest BCUT2D eigenvalue weighted by molar-refractivity contribution is 6.32. The van der Waals surface area contributed by atoms with Gasteiger partial charge in [-0.3, -0.25) is 4.79 Å². The molecule has 0 saturated heterocycles. The quantitative estimate of drug-likeness (QED) is 0.738. The minimum absolute atomic E-state index is 0.181. The first-order valence-electron chi connectivity index (χ1n) is 6.14. The Kier molecular flexibility index (Phi) is 6.05. The van der Waals surface area contributed by atoms with Crippen LogP contribution in [0, 0.1) is 0 Å². The van der Waals surface area contributed by atoms with Crippen LogP contribution in [-0.2, 0) is 0 Å². The zero-order valence-corrected chi connectivity index (χ0v) is 11.2. The molecule has 1 heterocycles. The van der Waals surface area contributed by atoms with Crippen LogP contribution in [0.4, 0.5) is 5.69 Å². The van der Waals surface area contributed by atoms with Crippen molar-refractivity contribution in [2.45, 2.75) is 52.0 Å². The van der Waals surface area contributed by atoms with Gasteiger partial charge in [-0.05, 0) is 13.3 Å². The highest BCUT2D eigenvalue weighted by Gasteiger charge is 2.08. The van der Waals surface area contributed by atoms with Crippen molar-refractivity contribution in [3.8, 4) is 0 Å². The van der Waals surface area contributed by atoms with E-state index < -0.39 is 0 Å². The molecule has 0 aromatic carbocycles. The molecule has 0 aliphatic heterocycles. The molecule has 0 amide bonds. The van der Waals surface area contributed by atoms with E-state index >= 15 is 0 Å². The van der Waals surface area contributed by atoms with E-state index in [1.165, 1.54) is 25.7 Å². The van der Waals surface area contributed by atoms with Crippen LogP contribution >= 0.6 is 11.6 Å². The average Bonchev–Trinajstić information content (AvgIpc) is 2.31. The standard InChI is InChI=1S/C12H20ClN3O/c1-3-4-5-6-7-9(2)15-10-8-14-16-12(17)11(10)13/h8-9H,3-7H2,1-2H3,(H2,15,16,17). The van der Waals surface area contributed by atoms with Crippen LogP contribution in [0.2, 0.25) is 5.02 Å². The molecular formula is C12H20ClN3O. The van der Waals surface area contributed by atoms with Crippen molar-refractivity contribution >= 4 is 17.3 Å². The van der Waals surface area contributed by atoms with Crippen LogP contribution in [0.1, 0.15) is 46.0 Å². The van der Waals surface area contributed by atoms with Crippen molar-refractivity contribution in [1.29, 1.82) is 0 Å². The average molecular weight is 258 g/mol. The Hall–Kier alpha value is -1.03. The van der Waals surface area contributed by atoms with Crippen LogP contribution in [-0.4, -0.2) is 16.2 Å². The molecule has 0 saturated carbocycles. The molecule has 1 aromatic rings. The first-order valence-corrected chi connectivity index (χ1v) is 6.52. The molecule has 96 valence electrons. The molecule has 0 fully saturated rings. The third kappa shape index (κ3) is 4.77. The van der Waals surface area contributed by atoms with Gasteiger partial charge in [-0.15, -0.1) is 0 Å². The summed E-state index contributed by atoms with van der Waals surface area (Å²) in [4.78, 5) is 11.2. The van der Waals surface area contributed by atoms with Gasteiger partial charge in [0.05, 0.1) is 11.9 Å². The molecule has 1 unspecified atom stereocenters. The molecule has 1 aromatic heterocycles. The van der Waals surface area contributed by atoms with E-state index in [4.69, 9.17) is 11.6 Å². The Bertz CT molecular complexity index is 392. The Morgan fingerprint density at radius 1 is 1.47 bits per heavy atom. The van der Waals surface area contributed by atoms with Gasteiger partial charge in [-0.2, -0.15) is 5.10 Å². The molecule has 0 aliphatic rings. The second-order valence-electron chi connectivity index (χ2n) is 4.32. The number of anilines is 1. The van der Waals surface area contributed by atoms with Crippen molar-refractivity contribution in [3.63, 3.8) is 0 Å². The SMILES string of the molecule is CCCCCCC(C)Nc1cn[nH]c(=O)c1Cl. The van der Waals surface area contributed by atoms with Gasteiger partial charge in [0.25, 0.3) is 5.56 Å². The monoisotopic (exact) mass is 257 g/mol. The van der Waals surface area contributed by atoms with E-state index in [0.717, 1.165) is 6.42 Å². The number of rotatable bonds is 7. The van der Waals surface area contributed by atoms with Gasteiger partial charge in [0.15, 0.2) is 0 Å². The van der Waals surface area contributed by atoms with Gasteiger partial charge in [0.1, 0.15) is 5.02 Å². The lowest BCUT2D eigenvalue weighted by molar-refractivity contribution is 0.593. The van der Waals surface area contributed by atoms with Crippen LogP contribution in [0.15, 0.2) is 11.0 Å². The lowest BCUT2D eigenvalue weighted by atomic mass is 10.1. The Balaban J connectivity index is 2.42. The van der Waals surface area contributed by atoms with E-state index in [0.29, 0.717) is 11.7 Å². The first-order chi connectivity index (χ1) is 8.15. The predicted octanol–water partition coefficient (Wildman–Crippen LogP) is 3.19. The molecule has 0 bridgehead atoms. The molecule has 0 spiro atoms. The maximum atomic E-state index is 11.2. The summed E-state index contributed by atoms with van der Waals surface area (Å²) in [7, 11) is 0. The fraction of sp³-hybridized carbons (Fsp3) is 0.667. The van der Waals surface area contributed by atoms with E-state index in [-0.39, 0.29) is 10.6 Å². The van der Waals surface area contributed by atoms with E-state index in [1.807, 2.05) is 0 Å². The molecule has 0 aliphatic carbocycles. The number of hydrogen-bond donors (Lipinski definition) is 2. The van der Waals surface area contributed by atoms with Crippen LogP contribution in [0.25, 0.3) is 0 Å². The van der Waals surface area contributed by atoms with Gasteiger partial charge in [-0.1, -0.05) is 44.2 Å². The van der Waals surface area contributed by atoms with Crippen molar-refractivity contribution in [1.82, 2.24) is 10.2 Å². The Morgan fingerprint density at radius 3 is 2.94 bits per heavy atom. The van der Waals surface area contributed by atoms with Gasteiger partial charge in [-0.25, -0.2) is 5.10 Å². The van der Waals surface area contributed by atoms with E-state index in [1.54, 1.807) is 6.20 Å². The maximum Gasteiger partial charge on any atom is 0.285 e. The number of aromatic amines is 1.